The summed E-state index contributed by atoms with van der Waals surface area (Å²) >= 11 is 6.90. The normalized spacial score (nSPS) is 11.3. The zero-order valence-electron chi connectivity index (χ0n) is 12.0. The van der Waals surface area contributed by atoms with Crippen molar-refractivity contribution in [2.45, 2.75) is 6.54 Å². The fourth-order valence-electron chi connectivity index (χ4n) is 2.37. The van der Waals surface area contributed by atoms with Crippen molar-refractivity contribution >= 4 is 34.2 Å². The lowest BCUT2D eigenvalue weighted by Crippen LogP contribution is -2.33. The van der Waals surface area contributed by atoms with Crippen LogP contribution in [0.4, 0.5) is 8.78 Å². The minimum Gasteiger partial charge on any atom is -0.333 e. The molecule has 4 rings (SSSR count). The lowest BCUT2D eigenvalue weighted by Gasteiger charge is -1.99. The van der Waals surface area contributed by atoms with Crippen LogP contribution < -0.4 is 4.57 Å². The number of hydrogen-bond acceptors (Lipinski definition) is 4. The highest BCUT2D eigenvalue weighted by Crippen LogP contribution is 2.23. The summed E-state index contributed by atoms with van der Waals surface area (Å²) in [6, 6.07) is 5.77. The molecule has 1 N–H and O–H groups in total. The highest BCUT2D eigenvalue weighted by Gasteiger charge is 2.16. The fraction of sp³-hybridized carbons (Fsp3) is 0.0667. The molecule has 120 valence electrons. The molecule has 9 heteroatoms. The van der Waals surface area contributed by atoms with Gasteiger partial charge in [0, 0.05) is 6.07 Å². The number of H-pyrrole nitrogens is 1. The van der Waals surface area contributed by atoms with Gasteiger partial charge in [-0.25, -0.2) is 18.7 Å². The van der Waals surface area contributed by atoms with Crippen LogP contribution in [0.25, 0.3) is 22.4 Å². The first-order chi connectivity index (χ1) is 11.6. The molecule has 0 aliphatic rings. The van der Waals surface area contributed by atoms with E-state index in [1.807, 2.05) is 10.8 Å². The smallest absolute Gasteiger partial charge is 0.209 e. The molecule has 3 heterocycles. The van der Waals surface area contributed by atoms with E-state index in [1.165, 1.54) is 12.1 Å². The molecule has 0 aliphatic heterocycles. The molecule has 0 fully saturated rings. The molecule has 0 bridgehead atoms. The number of nitrogens with zero attached hydrogens (tertiary/aromatic N) is 4. The molecular formula is C15H9ClF2N5S+. The number of hydrogen-bond donors (Lipinski definition) is 1. The Morgan fingerprint density at radius 3 is 2.88 bits per heavy atom. The SMILES string of the molecule is Fc1cccc(-c2nc3cc[n+](Cc4nsc(Cl)n4)cc3[nH]2)c1F. The van der Waals surface area contributed by atoms with E-state index < -0.39 is 11.6 Å². The van der Waals surface area contributed by atoms with E-state index in [1.54, 1.807) is 12.3 Å². The predicted octanol–water partition coefficient (Wildman–Crippen LogP) is 3.35. The summed E-state index contributed by atoms with van der Waals surface area (Å²) in [5.74, 6) is -0.958. The van der Waals surface area contributed by atoms with Gasteiger partial charge in [-0.1, -0.05) is 6.07 Å². The van der Waals surface area contributed by atoms with Crippen LogP contribution in [0.5, 0.6) is 0 Å². The van der Waals surface area contributed by atoms with Gasteiger partial charge in [-0.05, 0) is 35.3 Å². The molecule has 0 radical (unpaired) electrons. The van der Waals surface area contributed by atoms with Crippen molar-refractivity contribution in [1.82, 2.24) is 19.3 Å². The zero-order chi connectivity index (χ0) is 16.7. The highest BCUT2D eigenvalue weighted by atomic mass is 35.5. The van der Waals surface area contributed by atoms with Crippen molar-refractivity contribution in [2.24, 2.45) is 0 Å². The van der Waals surface area contributed by atoms with E-state index >= 15 is 0 Å². The van der Waals surface area contributed by atoms with E-state index in [-0.39, 0.29) is 11.4 Å². The molecule has 0 amide bonds. The number of fused-ring (bicyclic) bond motifs is 1. The lowest BCUT2D eigenvalue weighted by molar-refractivity contribution is -0.688. The maximum Gasteiger partial charge on any atom is 0.209 e. The zero-order valence-corrected chi connectivity index (χ0v) is 13.6. The number of rotatable bonds is 3. The summed E-state index contributed by atoms with van der Waals surface area (Å²) in [6.45, 7) is 0.446. The van der Waals surface area contributed by atoms with Gasteiger partial charge in [-0.2, -0.15) is 8.94 Å². The Kier molecular flexibility index (Phi) is 3.70. The molecule has 0 aliphatic carbocycles. The van der Waals surface area contributed by atoms with Crippen molar-refractivity contribution in [2.75, 3.05) is 0 Å². The summed E-state index contributed by atoms with van der Waals surface area (Å²) in [7, 11) is 0. The molecule has 0 saturated heterocycles. The number of benzene rings is 1. The fourth-order valence-corrected chi connectivity index (χ4v) is 3.00. The Balaban J connectivity index is 1.72. The van der Waals surface area contributed by atoms with Crippen molar-refractivity contribution in [3.05, 3.63) is 58.6 Å². The first-order valence-corrected chi connectivity index (χ1v) is 8.06. The summed E-state index contributed by atoms with van der Waals surface area (Å²) in [4.78, 5) is 11.4. The van der Waals surface area contributed by atoms with Crippen molar-refractivity contribution in [3.63, 3.8) is 0 Å². The topological polar surface area (TPSA) is 58.3 Å². The maximum absolute atomic E-state index is 13.9. The third kappa shape index (κ3) is 2.74. The largest absolute Gasteiger partial charge is 0.333 e. The number of aromatic amines is 1. The van der Waals surface area contributed by atoms with Gasteiger partial charge >= 0.3 is 0 Å². The Morgan fingerprint density at radius 1 is 1.21 bits per heavy atom. The first-order valence-electron chi connectivity index (χ1n) is 6.91. The molecule has 0 spiro atoms. The summed E-state index contributed by atoms with van der Waals surface area (Å²) < 4.78 is 33.7. The average molecular weight is 365 g/mol. The van der Waals surface area contributed by atoms with Gasteiger partial charge in [0.1, 0.15) is 16.9 Å². The monoisotopic (exact) mass is 364 g/mol. The second-order valence-electron chi connectivity index (χ2n) is 5.07. The molecule has 0 unspecified atom stereocenters. The Hall–Kier alpha value is -2.45. The van der Waals surface area contributed by atoms with Crippen LogP contribution in [0.3, 0.4) is 0 Å². The van der Waals surface area contributed by atoms with Crippen LogP contribution in [-0.2, 0) is 6.54 Å². The average Bonchev–Trinajstić information content (AvgIpc) is 3.15. The summed E-state index contributed by atoms with van der Waals surface area (Å²) in [5.41, 5.74) is 1.43. The first kappa shape index (κ1) is 15.1. The Labute approximate surface area is 143 Å². The maximum atomic E-state index is 13.9. The standard InChI is InChI=1S/C15H8ClF2N5S/c16-15-21-12(22-24-15)7-23-5-4-10-11(6-23)20-14(19-10)8-2-1-3-9(17)13(8)18/h1-6H,7H2/p+1. The minimum absolute atomic E-state index is 0.0886. The van der Waals surface area contributed by atoms with Gasteiger partial charge in [0.25, 0.3) is 0 Å². The van der Waals surface area contributed by atoms with Crippen molar-refractivity contribution < 1.29 is 13.3 Å². The van der Waals surface area contributed by atoms with Crippen LogP contribution in [0.1, 0.15) is 5.82 Å². The van der Waals surface area contributed by atoms with Crippen LogP contribution in [0, 0.1) is 11.6 Å². The van der Waals surface area contributed by atoms with Gasteiger partial charge in [0.05, 0.1) is 5.56 Å². The Morgan fingerprint density at radius 2 is 2.08 bits per heavy atom. The number of nitrogens with one attached hydrogen (secondary N) is 1. The summed E-state index contributed by atoms with van der Waals surface area (Å²) in [5, 5.41) is 0. The Bertz CT molecular complexity index is 1050. The third-order valence-electron chi connectivity index (χ3n) is 3.45. The number of imidazole rings is 1. The van der Waals surface area contributed by atoms with Crippen LogP contribution in [0.2, 0.25) is 4.47 Å². The van der Waals surface area contributed by atoms with E-state index in [0.29, 0.717) is 27.9 Å². The van der Waals surface area contributed by atoms with E-state index in [9.17, 15) is 8.78 Å². The van der Waals surface area contributed by atoms with Crippen LogP contribution in [0.15, 0.2) is 36.7 Å². The van der Waals surface area contributed by atoms with E-state index in [0.717, 1.165) is 17.6 Å². The van der Waals surface area contributed by atoms with Crippen LogP contribution in [-0.4, -0.2) is 19.3 Å². The molecule has 3 aromatic heterocycles. The third-order valence-corrected chi connectivity index (χ3v) is 4.29. The molecular weight excluding hydrogens is 356 g/mol. The quantitative estimate of drug-likeness (QED) is 0.567. The second kappa shape index (κ2) is 5.88. The minimum atomic E-state index is -0.925. The highest BCUT2D eigenvalue weighted by molar-refractivity contribution is 7.10. The summed E-state index contributed by atoms with van der Waals surface area (Å²) in [6.07, 6.45) is 3.61. The molecule has 5 nitrogen and oxygen atoms in total. The van der Waals surface area contributed by atoms with Gasteiger partial charge in [0.15, 0.2) is 24.0 Å². The van der Waals surface area contributed by atoms with Gasteiger partial charge in [0.2, 0.25) is 16.8 Å². The van der Waals surface area contributed by atoms with Gasteiger partial charge in [-0.3, -0.25) is 0 Å². The predicted molar refractivity (Wildman–Crippen MR) is 85.7 cm³/mol. The van der Waals surface area contributed by atoms with E-state index in [4.69, 9.17) is 11.6 Å². The molecule has 24 heavy (non-hydrogen) atoms. The van der Waals surface area contributed by atoms with E-state index in [2.05, 4.69) is 19.3 Å². The molecule has 0 saturated carbocycles. The molecule has 0 atom stereocenters. The van der Waals surface area contributed by atoms with Gasteiger partial charge < -0.3 is 4.98 Å². The number of aromatic nitrogens is 5. The van der Waals surface area contributed by atoms with Crippen molar-refractivity contribution in [3.8, 4) is 11.4 Å². The number of halogens is 3. The molecule has 4 aromatic rings. The van der Waals surface area contributed by atoms with Crippen molar-refractivity contribution in [1.29, 1.82) is 0 Å². The van der Waals surface area contributed by atoms with Crippen LogP contribution >= 0.6 is 23.1 Å². The second-order valence-corrected chi connectivity index (χ2v) is 6.40. The molecule has 1 aromatic carbocycles. The number of pyridine rings is 1. The van der Waals surface area contributed by atoms with Gasteiger partial charge in [-0.15, -0.1) is 0 Å². The lowest BCUT2D eigenvalue weighted by atomic mass is 10.2.